The van der Waals surface area contributed by atoms with Crippen LogP contribution in [0.2, 0.25) is 5.02 Å². The van der Waals surface area contributed by atoms with Crippen LogP contribution in [0, 0.1) is 6.92 Å². The van der Waals surface area contributed by atoms with Crippen molar-refractivity contribution >= 4 is 23.2 Å². The fourth-order valence-corrected chi connectivity index (χ4v) is 2.76. The minimum Gasteiger partial charge on any atom is -0.322 e. The predicted molar refractivity (Wildman–Crippen MR) is 100 cm³/mol. The molecule has 0 atom stereocenters. The highest BCUT2D eigenvalue weighted by Crippen LogP contribution is 2.13. The number of nitrogens with zero attached hydrogens (tertiary/aromatic N) is 1. The first-order valence-electron chi connectivity index (χ1n) is 7.84. The van der Waals surface area contributed by atoms with E-state index in [2.05, 4.69) is 5.32 Å². The molecule has 0 unspecified atom stereocenters. The van der Waals surface area contributed by atoms with Crippen molar-refractivity contribution in [3.63, 3.8) is 0 Å². The highest BCUT2D eigenvalue weighted by Gasteiger charge is 2.09. The minimum absolute atomic E-state index is 0.174. The number of benzene rings is 2. The van der Waals surface area contributed by atoms with Crippen LogP contribution in [0.3, 0.4) is 0 Å². The Bertz CT molecular complexity index is 979. The summed E-state index contributed by atoms with van der Waals surface area (Å²) >= 11 is 5.98. The van der Waals surface area contributed by atoms with Crippen molar-refractivity contribution < 1.29 is 4.79 Å². The molecule has 0 aliphatic carbocycles. The van der Waals surface area contributed by atoms with E-state index >= 15 is 0 Å². The van der Waals surface area contributed by atoms with Gasteiger partial charge in [0.05, 0.1) is 12.1 Å². The molecule has 126 valence electrons. The average molecular weight is 353 g/mol. The molecule has 0 saturated heterocycles. The van der Waals surface area contributed by atoms with Crippen molar-refractivity contribution in [1.29, 1.82) is 0 Å². The van der Waals surface area contributed by atoms with Gasteiger partial charge in [0.25, 0.3) is 11.5 Å². The Kier molecular flexibility index (Phi) is 5.00. The molecular formula is C20H17ClN2O2. The van der Waals surface area contributed by atoms with Crippen LogP contribution in [0.15, 0.2) is 71.7 Å². The zero-order valence-corrected chi connectivity index (χ0v) is 14.5. The van der Waals surface area contributed by atoms with Gasteiger partial charge in [0.15, 0.2) is 0 Å². The topological polar surface area (TPSA) is 51.1 Å². The molecule has 3 aromatic rings. The first-order chi connectivity index (χ1) is 12.0. The number of nitrogens with one attached hydrogen (secondary N) is 1. The van der Waals surface area contributed by atoms with Crippen LogP contribution in [0.5, 0.6) is 0 Å². The lowest BCUT2D eigenvalue weighted by Gasteiger charge is -2.10. The first kappa shape index (κ1) is 17.0. The lowest BCUT2D eigenvalue weighted by atomic mass is 10.2. The number of carbonyl (C=O) groups excluding carboxylic acids is 1. The van der Waals surface area contributed by atoms with Crippen LogP contribution in [-0.2, 0) is 6.54 Å². The van der Waals surface area contributed by atoms with Gasteiger partial charge in [0.2, 0.25) is 0 Å². The van der Waals surface area contributed by atoms with Crippen LogP contribution >= 0.6 is 11.6 Å². The van der Waals surface area contributed by atoms with Gasteiger partial charge in [-0.1, -0.05) is 35.9 Å². The summed E-state index contributed by atoms with van der Waals surface area (Å²) in [7, 11) is 0. The van der Waals surface area contributed by atoms with Crippen molar-refractivity contribution in [1.82, 2.24) is 4.57 Å². The number of carbonyl (C=O) groups is 1. The third-order valence-electron chi connectivity index (χ3n) is 3.76. The number of aromatic nitrogens is 1. The Balaban J connectivity index is 1.83. The molecule has 0 bridgehead atoms. The smallest absolute Gasteiger partial charge is 0.257 e. The average Bonchev–Trinajstić information content (AvgIpc) is 2.57. The molecular weight excluding hydrogens is 336 g/mol. The number of rotatable bonds is 4. The summed E-state index contributed by atoms with van der Waals surface area (Å²) in [5, 5.41) is 3.45. The second-order valence-electron chi connectivity index (χ2n) is 5.84. The molecule has 0 saturated carbocycles. The van der Waals surface area contributed by atoms with E-state index in [0.29, 0.717) is 17.1 Å². The van der Waals surface area contributed by atoms with Gasteiger partial charge >= 0.3 is 0 Å². The monoisotopic (exact) mass is 352 g/mol. The zero-order chi connectivity index (χ0) is 17.8. The lowest BCUT2D eigenvalue weighted by Crippen LogP contribution is -2.22. The van der Waals surface area contributed by atoms with Gasteiger partial charge in [0, 0.05) is 23.0 Å². The molecule has 5 heteroatoms. The van der Waals surface area contributed by atoms with Crippen molar-refractivity contribution in [2.75, 3.05) is 5.32 Å². The fraction of sp³-hybridized carbons (Fsp3) is 0.100. The summed E-state index contributed by atoms with van der Waals surface area (Å²) in [4.78, 5) is 24.5. The van der Waals surface area contributed by atoms with Crippen LogP contribution in [0.4, 0.5) is 5.69 Å². The quantitative estimate of drug-likeness (QED) is 0.768. The Morgan fingerprint density at radius 1 is 1.08 bits per heavy atom. The molecule has 4 nitrogen and oxygen atoms in total. The molecule has 0 aliphatic heterocycles. The fourth-order valence-electron chi connectivity index (χ4n) is 2.55. The van der Waals surface area contributed by atoms with Crippen molar-refractivity contribution in [3.8, 4) is 0 Å². The molecule has 0 spiro atoms. The van der Waals surface area contributed by atoms with Gasteiger partial charge in [-0.25, -0.2) is 0 Å². The first-order valence-corrected chi connectivity index (χ1v) is 8.22. The second kappa shape index (κ2) is 7.36. The van der Waals surface area contributed by atoms with Gasteiger partial charge in [-0.3, -0.25) is 9.59 Å². The Labute approximate surface area is 150 Å². The van der Waals surface area contributed by atoms with Gasteiger partial charge < -0.3 is 9.88 Å². The predicted octanol–water partition coefficient (Wildman–Crippen LogP) is 4.11. The molecule has 1 amide bonds. The number of halogens is 1. The number of hydrogen-bond acceptors (Lipinski definition) is 2. The second-order valence-corrected chi connectivity index (χ2v) is 6.27. The van der Waals surface area contributed by atoms with Crippen LogP contribution < -0.4 is 10.9 Å². The molecule has 1 N–H and O–H groups in total. The van der Waals surface area contributed by atoms with Gasteiger partial charge in [0.1, 0.15) is 0 Å². The maximum atomic E-state index is 12.4. The molecule has 2 aromatic carbocycles. The van der Waals surface area contributed by atoms with Gasteiger partial charge in [-0.15, -0.1) is 0 Å². The summed E-state index contributed by atoms with van der Waals surface area (Å²) in [6, 6.07) is 17.8. The summed E-state index contributed by atoms with van der Waals surface area (Å²) in [6.07, 6.45) is 1.56. The Morgan fingerprint density at radius 2 is 1.88 bits per heavy atom. The number of hydrogen-bond donors (Lipinski definition) is 1. The molecule has 0 fully saturated rings. The van der Waals surface area contributed by atoms with E-state index in [-0.39, 0.29) is 11.5 Å². The van der Waals surface area contributed by atoms with E-state index in [9.17, 15) is 9.59 Å². The van der Waals surface area contributed by atoms with Crippen LogP contribution in [-0.4, -0.2) is 10.5 Å². The largest absolute Gasteiger partial charge is 0.322 e. The molecule has 3 rings (SSSR count). The number of aryl methyl sites for hydroxylation is 1. The molecule has 0 aliphatic rings. The van der Waals surface area contributed by atoms with Crippen molar-refractivity contribution in [3.05, 3.63) is 98.9 Å². The van der Waals surface area contributed by atoms with E-state index in [1.165, 1.54) is 16.7 Å². The SMILES string of the molecule is Cc1cccc(NC(=O)c2ccc(=O)n(Cc3cccc(Cl)c3)c2)c1. The normalized spacial score (nSPS) is 10.5. The molecule has 25 heavy (non-hydrogen) atoms. The number of anilines is 1. The van der Waals surface area contributed by atoms with E-state index in [1.54, 1.807) is 18.3 Å². The van der Waals surface area contributed by atoms with E-state index in [0.717, 1.165) is 16.8 Å². The van der Waals surface area contributed by atoms with E-state index in [4.69, 9.17) is 11.6 Å². The lowest BCUT2D eigenvalue weighted by molar-refractivity contribution is 0.102. The molecule has 1 heterocycles. The number of pyridine rings is 1. The van der Waals surface area contributed by atoms with Crippen LogP contribution in [0.25, 0.3) is 0 Å². The van der Waals surface area contributed by atoms with Crippen molar-refractivity contribution in [2.24, 2.45) is 0 Å². The van der Waals surface area contributed by atoms with Gasteiger partial charge in [-0.2, -0.15) is 0 Å². The highest BCUT2D eigenvalue weighted by atomic mass is 35.5. The van der Waals surface area contributed by atoms with Gasteiger partial charge in [-0.05, 0) is 48.4 Å². The van der Waals surface area contributed by atoms with Crippen molar-refractivity contribution in [2.45, 2.75) is 13.5 Å². The Hall–Kier alpha value is -2.85. The minimum atomic E-state index is -0.259. The summed E-state index contributed by atoms with van der Waals surface area (Å²) in [5.74, 6) is -0.259. The maximum absolute atomic E-state index is 12.4. The van der Waals surface area contributed by atoms with E-state index < -0.39 is 0 Å². The zero-order valence-electron chi connectivity index (χ0n) is 13.7. The third kappa shape index (κ3) is 4.37. The van der Waals surface area contributed by atoms with Crippen LogP contribution in [0.1, 0.15) is 21.5 Å². The third-order valence-corrected chi connectivity index (χ3v) is 4.00. The Morgan fingerprint density at radius 3 is 2.64 bits per heavy atom. The van der Waals surface area contributed by atoms with E-state index in [1.807, 2.05) is 43.3 Å². The molecule has 0 radical (unpaired) electrons. The molecule has 1 aromatic heterocycles. The highest BCUT2D eigenvalue weighted by molar-refractivity contribution is 6.30. The summed E-state index contributed by atoms with van der Waals surface area (Å²) < 4.78 is 1.50. The standard InChI is InChI=1S/C20H17ClN2O2/c1-14-4-2-7-18(10-14)22-20(25)16-8-9-19(24)23(13-16)12-15-5-3-6-17(21)11-15/h2-11,13H,12H2,1H3,(H,22,25). The maximum Gasteiger partial charge on any atom is 0.257 e. The number of amides is 1. The summed E-state index contributed by atoms with van der Waals surface area (Å²) in [6.45, 7) is 2.31. The summed E-state index contributed by atoms with van der Waals surface area (Å²) in [5.41, 5.74) is 2.92.